The zero-order valence-electron chi connectivity index (χ0n) is 21.8. The van der Waals surface area contributed by atoms with Crippen LogP contribution in [0.5, 0.6) is 11.5 Å². The van der Waals surface area contributed by atoms with Gasteiger partial charge < -0.3 is 14.8 Å². The number of rotatable bonds is 7. The SMILES string of the molecule is CCc1ccc(-c2cc(C(=O)Nc3ccc(OC)c(OC)c3)c3c(C)nn(C4CCS(=O)(=O)C4)c3n2)cc1. The van der Waals surface area contributed by atoms with Gasteiger partial charge in [-0.05, 0) is 43.5 Å². The highest BCUT2D eigenvalue weighted by Crippen LogP contribution is 2.34. The van der Waals surface area contributed by atoms with Crippen LogP contribution in [0.15, 0.2) is 48.5 Å². The monoisotopic (exact) mass is 534 g/mol. The van der Waals surface area contributed by atoms with E-state index in [0.717, 1.165) is 12.0 Å². The number of methoxy groups -OCH3 is 2. The molecule has 1 atom stereocenters. The van der Waals surface area contributed by atoms with Crippen molar-refractivity contribution in [3.8, 4) is 22.8 Å². The summed E-state index contributed by atoms with van der Waals surface area (Å²) in [5.74, 6) is 0.834. The first-order valence-electron chi connectivity index (χ1n) is 12.5. The Morgan fingerprint density at radius 1 is 1.08 bits per heavy atom. The summed E-state index contributed by atoms with van der Waals surface area (Å²) < 4.78 is 36.8. The maximum absolute atomic E-state index is 13.7. The second kappa shape index (κ2) is 10.1. The number of aryl methyl sites for hydroxylation is 2. The van der Waals surface area contributed by atoms with Crippen molar-refractivity contribution >= 4 is 32.5 Å². The Morgan fingerprint density at radius 2 is 1.82 bits per heavy atom. The van der Waals surface area contributed by atoms with E-state index in [1.807, 2.05) is 31.2 Å². The predicted molar refractivity (Wildman–Crippen MR) is 147 cm³/mol. The standard InChI is InChI=1S/C28H30N4O5S/c1-5-18-6-8-19(9-7-18)23-15-22(28(33)29-20-10-11-24(36-3)25(14-20)37-4)26-17(2)31-32(27(26)30-23)21-12-13-38(34,35)16-21/h6-11,14-15,21H,5,12-13,16H2,1-4H3,(H,29,33). The molecule has 1 N–H and O–H groups in total. The Kier molecular flexibility index (Phi) is 6.83. The van der Waals surface area contributed by atoms with Gasteiger partial charge in [-0.3, -0.25) is 4.79 Å². The highest BCUT2D eigenvalue weighted by molar-refractivity contribution is 7.91. The Hall–Kier alpha value is -3.92. The van der Waals surface area contributed by atoms with Crippen LogP contribution in [-0.2, 0) is 16.3 Å². The lowest BCUT2D eigenvalue weighted by atomic mass is 10.0. The van der Waals surface area contributed by atoms with Gasteiger partial charge in [0, 0.05) is 17.3 Å². The number of ether oxygens (including phenoxy) is 2. The fourth-order valence-corrected chi connectivity index (χ4v) is 6.58. The number of nitrogens with zero attached hydrogens (tertiary/aromatic N) is 3. The van der Waals surface area contributed by atoms with Gasteiger partial charge >= 0.3 is 0 Å². The van der Waals surface area contributed by atoms with Crippen LogP contribution >= 0.6 is 0 Å². The third kappa shape index (κ3) is 4.83. The molecule has 1 fully saturated rings. The van der Waals surface area contributed by atoms with Crippen molar-refractivity contribution in [1.82, 2.24) is 14.8 Å². The first kappa shape index (κ1) is 25.7. The molecule has 1 aliphatic heterocycles. The van der Waals surface area contributed by atoms with Gasteiger partial charge in [-0.15, -0.1) is 0 Å². The quantitative estimate of drug-likeness (QED) is 0.369. The zero-order chi connectivity index (χ0) is 27.0. The molecule has 0 bridgehead atoms. The minimum atomic E-state index is -3.14. The number of sulfone groups is 1. The van der Waals surface area contributed by atoms with Crippen molar-refractivity contribution in [2.24, 2.45) is 0 Å². The highest BCUT2D eigenvalue weighted by Gasteiger charge is 2.32. The van der Waals surface area contributed by atoms with Crippen molar-refractivity contribution in [3.05, 3.63) is 65.4 Å². The van der Waals surface area contributed by atoms with Crippen molar-refractivity contribution in [2.45, 2.75) is 32.7 Å². The third-order valence-electron chi connectivity index (χ3n) is 6.94. The van der Waals surface area contributed by atoms with E-state index in [4.69, 9.17) is 14.5 Å². The number of aromatic nitrogens is 3. The van der Waals surface area contributed by atoms with E-state index in [9.17, 15) is 13.2 Å². The molecule has 1 saturated heterocycles. The first-order valence-corrected chi connectivity index (χ1v) is 14.3. The summed E-state index contributed by atoms with van der Waals surface area (Å²) >= 11 is 0. The number of pyridine rings is 1. The van der Waals surface area contributed by atoms with Gasteiger partial charge in [-0.1, -0.05) is 31.2 Å². The molecule has 1 aliphatic rings. The number of carbonyl (C=O) groups is 1. The number of fused-ring (bicyclic) bond motifs is 1. The third-order valence-corrected chi connectivity index (χ3v) is 8.69. The van der Waals surface area contributed by atoms with Crippen LogP contribution in [0.1, 0.15) is 41.0 Å². The second-order valence-corrected chi connectivity index (χ2v) is 11.6. The van der Waals surface area contributed by atoms with Crippen LogP contribution < -0.4 is 14.8 Å². The normalized spacial score (nSPS) is 16.5. The van der Waals surface area contributed by atoms with Crippen molar-refractivity contribution < 1.29 is 22.7 Å². The molecule has 0 saturated carbocycles. The number of anilines is 1. The molecule has 1 amide bonds. The maximum Gasteiger partial charge on any atom is 0.256 e. The first-order chi connectivity index (χ1) is 18.2. The minimum absolute atomic E-state index is 0.00744. The molecule has 0 spiro atoms. The molecule has 5 rings (SSSR count). The molecule has 198 valence electrons. The number of carbonyl (C=O) groups excluding carboxylic acids is 1. The predicted octanol–water partition coefficient (Wildman–Crippen LogP) is 4.60. The molecule has 0 radical (unpaired) electrons. The van der Waals surface area contributed by atoms with Crippen molar-refractivity contribution in [2.75, 3.05) is 31.0 Å². The van der Waals surface area contributed by atoms with Crippen molar-refractivity contribution in [1.29, 1.82) is 0 Å². The van der Waals surface area contributed by atoms with Gasteiger partial charge in [0.1, 0.15) is 0 Å². The molecular formula is C28H30N4O5S. The Bertz CT molecular complexity index is 1630. The molecule has 38 heavy (non-hydrogen) atoms. The largest absolute Gasteiger partial charge is 0.493 e. The number of hydrogen-bond acceptors (Lipinski definition) is 7. The molecule has 3 heterocycles. The zero-order valence-corrected chi connectivity index (χ0v) is 22.6. The Morgan fingerprint density at radius 3 is 2.45 bits per heavy atom. The van der Waals surface area contributed by atoms with Crippen LogP contribution in [0, 0.1) is 6.92 Å². The molecule has 9 nitrogen and oxygen atoms in total. The molecule has 2 aromatic carbocycles. The molecular weight excluding hydrogens is 504 g/mol. The average Bonchev–Trinajstić information content (AvgIpc) is 3.46. The summed E-state index contributed by atoms with van der Waals surface area (Å²) in [5.41, 5.74) is 4.72. The number of benzene rings is 2. The topological polar surface area (TPSA) is 112 Å². The summed E-state index contributed by atoms with van der Waals surface area (Å²) in [6, 6.07) is 14.6. The second-order valence-electron chi connectivity index (χ2n) is 9.41. The Labute approximate surface area is 221 Å². The molecule has 1 unspecified atom stereocenters. The summed E-state index contributed by atoms with van der Waals surface area (Å²) in [5, 5.41) is 8.23. The average molecular weight is 535 g/mol. The summed E-state index contributed by atoms with van der Waals surface area (Å²) in [6.07, 6.45) is 1.37. The lowest BCUT2D eigenvalue weighted by molar-refractivity contribution is 0.102. The van der Waals surface area contributed by atoms with E-state index in [-0.39, 0.29) is 23.5 Å². The van der Waals surface area contributed by atoms with Crippen LogP contribution in [0.25, 0.3) is 22.3 Å². The number of nitrogens with one attached hydrogen (secondary N) is 1. The van der Waals surface area contributed by atoms with E-state index >= 15 is 0 Å². The number of hydrogen-bond donors (Lipinski definition) is 1. The van der Waals surface area contributed by atoms with E-state index in [1.54, 1.807) is 36.1 Å². The minimum Gasteiger partial charge on any atom is -0.493 e. The van der Waals surface area contributed by atoms with E-state index in [2.05, 4.69) is 17.3 Å². The van der Waals surface area contributed by atoms with Crippen LogP contribution in [0.4, 0.5) is 5.69 Å². The lowest BCUT2D eigenvalue weighted by Gasteiger charge is -2.13. The van der Waals surface area contributed by atoms with E-state index < -0.39 is 9.84 Å². The molecule has 0 aliphatic carbocycles. The fraction of sp³-hybridized carbons (Fsp3) is 0.321. The number of amides is 1. The molecule has 4 aromatic rings. The summed E-state index contributed by atoms with van der Waals surface area (Å²) in [7, 11) is -0.0579. The van der Waals surface area contributed by atoms with Gasteiger partial charge in [0.15, 0.2) is 27.0 Å². The van der Waals surface area contributed by atoms with Crippen LogP contribution in [0.3, 0.4) is 0 Å². The maximum atomic E-state index is 13.7. The molecule has 10 heteroatoms. The summed E-state index contributed by atoms with van der Waals surface area (Å²) in [4.78, 5) is 18.6. The van der Waals surface area contributed by atoms with Crippen LogP contribution in [0.2, 0.25) is 0 Å². The summed E-state index contributed by atoms with van der Waals surface area (Å²) in [6.45, 7) is 3.90. The van der Waals surface area contributed by atoms with Crippen LogP contribution in [-0.4, -0.2) is 54.8 Å². The van der Waals surface area contributed by atoms with Gasteiger partial charge in [-0.2, -0.15) is 5.10 Å². The van der Waals surface area contributed by atoms with E-state index in [0.29, 0.717) is 51.6 Å². The van der Waals surface area contributed by atoms with Gasteiger partial charge in [-0.25, -0.2) is 18.1 Å². The highest BCUT2D eigenvalue weighted by atomic mass is 32.2. The van der Waals surface area contributed by atoms with E-state index in [1.165, 1.54) is 12.7 Å². The smallest absolute Gasteiger partial charge is 0.256 e. The van der Waals surface area contributed by atoms with Gasteiger partial charge in [0.2, 0.25) is 0 Å². The van der Waals surface area contributed by atoms with Gasteiger partial charge in [0.25, 0.3) is 5.91 Å². The van der Waals surface area contributed by atoms with Crippen molar-refractivity contribution in [3.63, 3.8) is 0 Å². The van der Waals surface area contributed by atoms with Gasteiger partial charge in [0.05, 0.1) is 54.1 Å². The lowest BCUT2D eigenvalue weighted by Crippen LogP contribution is -2.15. The Balaban J connectivity index is 1.64. The molecule has 2 aromatic heterocycles. The fourth-order valence-electron chi connectivity index (χ4n) is 4.89.